The van der Waals surface area contributed by atoms with Crippen molar-refractivity contribution in [1.29, 1.82) is 0 Å². The lowest BCUT2D eigenvalue weighted by molar-refractivity contribution is -0.545. The van der Waals surface area contributed by atoms with E-state index >= 15 is 0 Å². The molecular weight excluding hydrogens is 256 g/mol. The van der Waals surface area contributed by atoms with E-state index in [-0.39, 0.29) is 5.84 Å². The summed E-state index contributed by atoms with van der Waals surface area (Å²) in [6.45, 7) is 0. The molecule has 0 bridgehead atoms. The highest BCUT2D eigenvalue weighted by molar-refractivity contribution is 6.30. The Bertz CT molecular complexity index is 643. The van der Waals surface area contributed by atoms with Gasteiger partial charge in [-0.25, -0.2) is 4.79 Å². The standard InChI is InChI=1S/C14H12N4O2/c19-14(20)13-15-17(11-7-3-1-4-8-11)18(16-13)12-9-5-2-6-10-12/h1-10H,(H,15,16)(H,19,20)/p+1. The van der Waals surface area contributed by atoms with Crippen molar-refractivity contribution in [3.05, 3.63) is 60.7 Å². The molecule has 2 aromatic carbocycles. The number of hydrazone groups is 1. The minimum Gasteiger partial charge on any atom is -0.472 e. The first-order valence-corrected chi connectivity index (χ1v) is 6.12. The van der Waals surface area contributed by atoms with Crippen LogP contribution in [0.3, 0.4) is 0 Å². The van der Waals surface area contributed by atoms with Gasteiger partial charge in [0.05, 0.1) is 5.69 Å². The maximum absolute atomic E-state index is 11.1. The topological polar surface area (TPSA) is 72.8 Å². The number of anilines is 2. The van der Waals surface area contributed by atoms with E-state index in [2.05, 4.69) is 5.10 Å². The van der Waals surface area contributed by atoms with Crippen molar-refractivity contribution in [3.63, 3.8) is 0 Å². The van der Waals surface area contributed by atoms with E-state index in [1.165, 1.54) is 5.43 Å². The molecule has 0 unspecified atom stereocenters. The van der Waals surface area contributed by atoms with Crippen LogP contribution in [0.15, 0.2) is 65.8 Å². The Balaban J connectivity index is 2.00. The smallest absolute Gasteiger partial charge is 0.415 e. The molecule has 1 aliphatic heterocycles. The van der Waals surface area contributed by atoms with E-state index in [0.29, 0.717) is 0 Å². The lowest BCUT2D eigenvalue weighted by Crippen LogP contribution is -2.97. The number of nitrogens with two attached hydrogens (primary N) is 1. The van der Waals surface area contributed by atoms with E-state index in [1.807, 2.05) is 60.7 Å². The lowest BCUT2D eigenvalue weighted by Gasteiger charge is -2.23. The Hall–Kier alpha value is -2.86. The van der Waals surface area contributed by atoms with E-state index in [9.17, 15) is 4.79 Å². The van der Waals surface area contributed by atoms with E-state index in [1.54, 1.807) is 10.2 Å². The van der Waals surface area contributed by atoms with Crippen LogP contribution < -0.4 is 15.7 Å². The van der Waals surface area contributed by atoms with Gasteiger partial charge in [-0.05, 0) is 24.3 Å². The van der Waals surface area contributed by atoms with Crippen LogP contribution in [-0.4, -0.2) is 16.9 Å². The van der Waals surface area contributed by atoms with Gasteiger partial charge in [-0.15, -0.1) is 10.2 Å². The van der Waals surface area contributed by atoms with Crippen molar-refractivity contribution < 1.29 is 15.3 Å². The van der Waals surface area contributed by atoms with Crippen LogP contribution >= 0.6 is 0 Å². The molecule has 0 fully saturated rings. The fourth-order valence-corrected chi connectivity index (χ4v) is 1.95. The van der Waals surface area contributed by atoms with E-state index in [4.69, 9.17) is 5.11 Å². The summed E-state index contributed by atoms with van der Waals surface area (Å²) in [5.41, 5.74) is 3.14. The van der Waals surface area contributed by atoms with Crippen LogP contribution in [0.1, 0.15) is 0 Å². The van der Waals surface area contributed by atoms with Crippen LogP contribution in [0, 0.1) is 0 Å². The van der Waals surface area contributed by atoms with Gasteiger partial charge in [-0.2, -0.15) is 5.43 Å². The fraction of sp³-hybridized carbons (Fsp3) is 0. The molecule has 0 amide bonds. The van der Waals surface area contributed by atoms with Gasteiger partial charge in [-0.1, -0.05) is 41.5 Å². The SMILES string of the molecule is O=C(O)C1=NN(c2ccccc2)N(c2ccccc2)[NH2+]1. The summed E-state index contributed by atoms with van der Waals surface area (Å²) in [4.78, 5) is 11.1. The van der Waals surface area contributed by atoms with Crippen molar-refractivity contribution >= 4 is 23.2 Å². The average molecular weight is 269 g/mol. The Morgan fingerprint density at radius 1 is 0.950 bits per heavy atom. The Kier molecular flexibility index (Phi) is 3.06. The summed E-state index contributed by atoms with van der Waals surface area (Å²) < 4.78 is 0. The van der Waals surface area contributed by atoms with Gasteiger partial charge in [0.2, 0.25) is 0 Å². The van der Waals surface area contributed by atoms with Crippen molar-refractivity contribution in [2.24, 2.45) is 5.10 Å². The highest BCUT2D eigenvalue weighted by atomic mass is 16.4. The number of benzene rings is 2. The second-order valence-electron chi connectivity index (χ2n) is 4.22. The number of nitrogens with zero attached hydrogens (tertiary/aromatic N) is 3. The first kappa shape index (κ1) is 12.2. The molecule has 20 heavy (non-hydrogen) atoms. The molecule has 3 N–H and O–H groups in total. The molecule has 1 aliphatic rings. The Labute approximate surface area is 115 Å². The number of amidine groups is 1. The largest absolute Gasteiger partial charge is 0.472 e. The molecule has 100 valence electrons. The summed E-state index contributed by atoms with van der Waals surface area (Å²) in [5.74, 6) is -1.05. The number of carboxylic acid groups (broad SMARTS) is 1. The number of para-hydroxylation sites is 2. The first-order chi connectivity index (χ1) is 9.75. The normalized spacial score (nSPS) is 14.3. The summed E-state index contributed by atoms with van der Waals surface area (Å²) in [7, 11) is 0. The quantitative estimate of drug-likeness (QED) is 0.809. The molecule has 3 rings (SSSR count). The van der Waals surface area contributed by atoms with E-state index in [0.717, 1.165) is 11.4 Å². The summed E-state index contributed by atoms with van der Waals surface area (Å²) in [6.07, 6.45) is 0. The van der Waals surface area contributed by atoms with Gasteiger partial charge in [0.1, 0.15) is 5.69 Å². The second kappa shape index (κ2) is 5.02. The summed E-state index contributed by atoms with van der Waals surface area (Å²) >= 11 is 0. The van der Waals surface area contributed by atoms with Gasteiger partial charge in [0.25, 0.3) is 0 Å². The molecule has 0 saturated carbocycles. The molecular formula is C14H13N4O2+. The third kappa shape index (κ3) is 2.19. The number of carboxylic acids is 1. The van der Waals surface area contributed by atoms with Crippen molar-refractivity contribution in [2.45, 2.75) is 0 Å². The number of aliphatic carboxylic acids is 1. The minimum absolute atomic E-state index is 0.00212. The molecule has 0 aromatic heterocycles. The van der Waals surface area contributed by atoms with Crippen LogP contribution in [0.25, 0.3) is 0 Å². The zero-order valence-corrected chi connectivity index (χ0v) is 10.5. The molecule has 0 saturated heterocycles. The van der Waals surface area contributed by atoms with Gasteiger partial charge in [0, 0.05) is 0 Å². The maximum Gasteiger partial charge on any atom is 0.415 e. The van der Waals surface area contributed by atoms with Crippen molar-refractivity contribution in [3.8, 4) is 0 Å². The monoisotopic (exact) mass is 269 g/mol. The van der Waals surface area contributed by atoms with Crippen molar-refractivity contribution in [1.82, 2.24) is 0 Å². The number of hydrogen-bond donors (Lipinski definition) is 2. The zero-order chi connectivity index (χ0) is 13.9. The molecule has 2 aromatic rings. The third-order valence-corrected chi connectivity index (χ3v) is 2.88. The predicted octanol–water partition coefficient (Wildman–Crippen LogP) is 0.805. The highest BCUT2D eigenvalue weighted by Gasteiger charge is 2.34. The molecule has 0 radical (unpaired) electrons. The number of hydrogen-bond acceptors (Lipinski definition) is 4. The summed E-state index contributed by atoms with van der Waals surface area (Å²) in [5, 5.41) is 16.5. The molecule has 0 spiro atoms. The van der Waals surface area contributed by atoms with Gasteiger partial charge < -0.3 is 5.11 Å². The average Bonchev–Trinajstić information content (AvgIpc) is 2.94. The number of quaternary nitrogens is 1. The Morgan fingerprint density at radius 2 is 1.50 bits per heavy atom. The Morgan fingerprint density at radius 3 is 2.05 bits per heavy atom. The van der Waals surface area contributed by atoms with Gasteiger partial charge in [-0.3, -0.25) is 0 Å². The van der Waals surface area contributed by atoms with E-state index < -0.39 is 5.97 Å². The number of rotatable bonds is 3. The van der Waals surface area contributed by atoms with Crippen LogP contribution in [-0.2, 0) is 4.79 Å². The van der Waals surface area contributed by atoms with Crippen molar-refractivity contribution in [2.75, 3.05) is 10.2 Å². The second-order valence-corrected chi connectivity index (χ2v) is 4.22. The zero-order valence-electron chi connectivity index (χ0n) is 10.5. The molecule has 0 atom stereocenters. The molecule has 1 heterocycles. The highest BCUT2D eigenvalue weighted by Crippen LogP contribution is 2.21. The molecule has 0 aliphatic carbocycles. The number of hydrazine groups is 1. The van der Waals surface area contributed by atoms with Crippen LogP contribution in [0.2, 0.25) is 0 Å². The van der Waals surface area contributed by atoms with Crippen LogP contribution in [0.5, 0.6) is 0 Å². The van der Waals surface area contributed by atoms with Crippen LogP contribution in [0.4, 0.5) is 11.4 Å². The molecule has 6 nitrogen and oxygen atoms in total. The lowest BCUT2D eigenvalue weighted by atomic mass is 10.3. The fourth-order valence-electron chi connectivity index (χ4n) is 1.95. The predicted molar refractivity (Wildman–Crippen MR) is 74.8 cm³/mol. The minimum atomic E-state index is -1.05. The van der Waals surface area contributed by atoms with Gasteiger partial charge >= 0.3 is 11.8 Å². The third-order valence-electron chi connectivity index (χ3n) is 2.88. The summed E-state index contributed by atoms with van der Waals surface area (Å²) in [6, 6.07) is 18.9. The number of carbonyl (C=O) groups is 1. The van der Waals surface area contributed by atoms with Gasteiger partial charge in [0.15, 0.2) is 0 Å². The maximum atomic E-state index is 11.1. The first-order valence-electron chi connectivity index (χ1n) is 6.12. The molecule has 6 heteroatoms.